The molecule has 1 N–H and O–H groups in total. The van der Waals surface area contributed by atoms with Crippen LogP contribution in [-0.2, 0) is 19.5 Å². The molecule has 3 aromatic heterocycles. The lowest BCUT2D eigenvalue weighted by molar-refractivity contribution is 0.657. The smallest absolute Gasteiger partial charge is 0.152 e. The largest absolute Gasteiger partial charge is 0.362 e. The van der Waals surface area contributed by atoms with Gasteiger partial charge in [0.2, 0.25) is 0 Å². The molecule has 0 fully saturated rings. The summed E-state index contributed by atoms with van der Waals surface area (Å²) in [5.74, 6) is 2.51. The molecular formula is C18H18N6S. The fourth-order valence-electron chi connectivity index (χ4n) is 2.76. The van der Waals surface area contributed by atoms with Gasteiger partial charge in [-0.05, 0) is 30.4 Å². The van der Waals surface area contributed by atoms with Crippen LogP contribution in [0, 0.1) is 6.92 Å². The predicted octanol–water partition coefficient (Wildman–Crippen LogP) is 3.45. The Kier molecular flexibility index (Phi) is 4.39. The van der Waals surface area contributed by atoms with Crippen molar-refractivity contribution in [1.29, 1.82) is 0 Å². The topological polar surface area (TPSA) is 68.5 Å². The Morgan fingerprint density at radius 2 is 2.00 bits per heavy atom. The van der Waals surface area contributed by atoms with Gasteiger partial charge in [0.25, 0.3) is 0 Å². The summed E-state index contributed by atoms with van der Waals surface area (Å²) in [5.41, 5.74) is 1.31. The number of anilines is 1. The molecule has 0 radical (unpaired) electrons. The number of hydrogen-bond acceptors (Lipinski definition) is 6. The molecule has 0 aliphatic carbocycles. The van der Waals surface area contributed by atoms with Crippen LogP contribution in [0.1, 0.15) is 17.2 Å². The van der Waals surface area contributed by atoms with Gasteiger partial charge in [-0.1, -0.05) is 30.3 Å². The molecule has 1 aromatic carbocycles. The fraction of sp³-hybridized carbons (Fsp3) is 0.222. The molecule has 3 heterocycles. The molecule has 25 heavy (non-hydrogen) atoms. The van der Waals surface area contributed by atoms with E-state index in [4.69, 9.17) is 0 Å². The second-order valence-electron chi connectivity index (χ2n) is 5.79. The number of nitrogens with zero attached hydrogens (tertiary/aromatic N) is 5. The SMILES string of the molecule is Cc1nc(NCc2nncn2CCc2ccccc2)c2ccsc2n1. The van der Waals surface area contributed by atoms with Crippen LogP contribution in [0.2, 0.25) is 0 Å². The van der Waals surface area contributed by atoms with Crippen molar-refractivity contribution in [1.82, 2.24) is 24.7 Å². The molecule has 0 aliphatic heterocycles. The Labute approximate surface area is 149 Å². The number of hydrogen-bond donors (Lipinski definition) is 1. The van der Waals surface area contributed by atoms with Crippen molar-refractivity contribution in [3.8, 4) is 0 Å². The first-order chi connectivity index (χ1) is 12.3. The minimum absolute atomic E-state index is 0.580. The molecule has 6 nitrogen and oxygen atoms in total. The van der Waals surface area contributed by atoms with Crippen molar-refractivity contribution in [3.63, 3.8) is 0 Å². The number of nitrogens with one attached hydrogen (secondary N) is 1. The second kappa shape index (κ2) is 6.98. The summed E-state index contributed by atoms with van der Waals surface area (Å²) in [6, 6.07) is 12.5. The van der Waals surface area contributed by atoms with Gasteiger partial charge in [-0.3, -0.25) is 0 Å². The summed E-state index contributed by atoms with van der Waals surface area (Å²) in [6.07, 6.45) is 2.73. The molecule has 0 unspecified atom stereocenters. The highest BCUT2D eigenvalue weighted by Crippen LogP contribution is 2.25. The van der Waals surface area contributed by atoms with Gasteiger partial charge < -0.3 is 9.88 Å². The van der Waals surface area contributed by atoms with Gasteiger partial charge in [0.05, 0.1) is 11.9 Å². The van der Waals surface area contributed by atoms with Crippen molar-refractivity contribution in [2.45, 2.75) is 26.4 Å². The average Bonchev–Trinajstić information content (AvgIpc) is 3.27. The summed E-state index contributed by atoms with van der Waals surface area (Å²) in [6.45, 7) is 3.34. The van der Waals surface area contributed by atoms with Gasteiger partial charge in [0, 0.05) is 6.54 Å². The van der Waals surface area contributed by atoms with Crippen LogP contribution >= 0.6 is 11.3 Å². The van der Waals surface area contributed by atoms with E-state index in [0.717, 1.165) is 40.6 Å². The third-order valence-corrected chi connectivity index (χ3v) is 4.84. The summed E-state index contributed by atoms with van der Waals surface area (Å²) >= 11 is 1.62. The zero-order valence-corrected chi connectivity index (χ0v) is 14.7. The van der Waals surface area contributed by atoms with E-state index in [1.807, 2.05) is 24.4 Å². The highest BCUT2D eigenvalue weighted by Gasteiger charge is 2.09. The molecule has 4 aromatic rings. The first-order valence-electron chi connectivity index (χ1n) is 8.16. The molecule has 7 heteroatoms. The van der Waals surface area contributed by atoms with Gasteiger partial charge in [-0.2, -0.15) is 0 Å². The van der Waals surface area contributed by atoms with Crippen LogP contribution < -0.4 is 5.32 Å². The van der Waals surface area contributed by atoms with Gasteiger partial charge in [0.1, 0.15) is 22.8 Å². The molecule has 4 rings (SSSR count). The Bertz CT molecular complexity index is 976. The molecule has 0 saturated carbocycles. The number of rotatable bonds is 6. The maximum Gasteiger partial charge on any atom is 0.152 e. The van der Waals surface area contributed by atoms with Crippen molar-refractivity contribution in [2.75, 3.05) is 5.32 Å². The van der Waals surface area contributed by atoms with Crippen LogP contribution in [0.4, 0.5) is 5.82 Å². The van der Waals surface area contributed by atoms with E-state index in [2.05, 4.69) is 54.3 Å². The van der Waals surface area contributed by atoms with E-state index in [-0.39, 0.29) is 0 Å². The van der Waals surface area contributed by atoms with Gasteiger partial charge in [-0.15, -0.1) is 21.5 Å². The Morgan fingerprint density at radius 1 is 1.12 bits per heavy atom. The summed E-state index contributed by atoms with van der Waals surface area (Å²) < 4.78 is 2.08. The van der Waals surface area contributed by atoms with E-state index in [1.54, 1.807) is 17.7 Å². The van der Waals surface area contributed by atoms with Crippen molar-refractivity contribution in [2.24, 2.45) is 0 Å². The lowest BCUT2D eigenvalue weighted by Crippen LogP contribution is -2.11. The quantitative estimate of drug-likeness (QED) is 0.577. The molecule has 126 valence electrons. The van der Waals surface area contributed by atoms with Crippen LogP contribution in [0.3, 0.4) is 0 Å². The zero-order chi connectivity index (χ0) is 17.1. The Morgan fingerprint density at radius 3 is 2.88 bits per heavy atom. The molecule has 0 spiro atoms. The van der Waals surface area contributed by atoms with Crippen LogP contribution in [0.15, 0.2) is 48.1 Å². The van der Waals surface area contributed by atoms with E-state index in [0.29, 0.717) is 6.54 Å². The number of benzene rings is 1. The van der Waals surface area contributed by atoms with Crippen molar-refractivity contribution >= 4 is 27.4 Å². The maximum absolute atomic E-state index is 4.52. The molecule has 0 aliphatic rings. The fourth-order valence-corrected chi connectivity index (χ4v) is 3.57. The summed E-state index contributed by atoms with van der Waals surface area (Å²) in [4.78, 5) is 9.98. The Hall–Kier alpha value is -2.80. The third kappa shape index (κ3) is 3.51. The average molecular weight is 350 g/mol. The summed E-state index contributed by atoms with van der Waals surface area (Å²) in [7, 11) is 0. The molecule has 0 bridgehead atoms. The number of aromatic nitrogens is 5. The normalized spacial score (nSPS) is 11.1. The number of aryl methyl sites for hydroxylation is 3. The predicted molar refractivity (Wildman–Crippen MR) is 99.6 cm³/mol. The third-order valence-electron chi connectivity index (χ3n) is 4.03. The van der Waals surface area contributed by atoms with E-state index < -0.39 is 0 Å². The minimum Gasteiger partial charge on any atom is -0.362 e. The highest BCUT2D eigenvalue weighted by atomic mass is 32.1. The second-order valence-corrected chi connectivity index (χ2v) is 6.68. The molecule has 0 atom stereocenters. The summed E-state index contributed by atoms with van der Waals surface area (Å²) in [5, 5.41) is 14.8. The molecular weight excluding hydrogens is 332 g/mol. The van der Waals surface area contributed by atoms with Gasteiger partial charge >= 0.3 is 0 Å². The Balaban J connectivity index is 1.46. The molecule has 0 saturated heterocycles. The van der Waals surface area contributed by atoms with Gasteiger partial charge in [-0.25, -0.2) is 9.97 Å². The highest BCUT2D eigenvalue weighted by molar-refractivity contribution is 7.16. The first kappa shape index (κ1) is 15.7. The lowest BCUT2D eigenvalue weighted by atomic mass is 10.1. The van der Waals surface area contributed by atoms with Crippen molar-refractivity contribution in [3.05, 3.63) is 65.3 Å². The van der Waals surface area contributed by atoms with Crippen LogP contribution in [0.5, 0.6) is 0 Å². The number of thiophene rings is 1. The zero-order valence-electron chi connectivity index (χ0n) is 13.9. The first-order valence-corrected chi connectivity index (χ1v) is 9.04. The van der Waals surface area contributed by atoms with E-state index >= 15 is 0 Å². The van der Waals surface area contributed by atoms with Crippen LogP contribution in [0.25, 0.3) is 10.2 Å². The van der Waals surface area contributed by atoms with Crippen molar-refractivity contribution < 1.29 is 0 Å². The monoisotopic (exact) mass is 350 g/mol. The maximum atomic E-state index is 4.52. The standard InChI is InChI=1S/C18H18N6S/c1-13-21-17(15-8-10-25-18(15)22-13)19-11-16-23-20-12-24(16)9-7-14-5-3-2-4-6-14/h2-6,8,10,12H,7,9,11H2,1H3,(H,19,21,22). The molecule has 0 amide bonds. The number of fused-ring (bicyclic) bond motifs is 1. The lowest BCUT2D eigenvalue weighted by Gasteiger charge is -2.09. The van der Waals surface area contributed by atoms with Gasteiger partial charge in [0.15, 0.2) is 5.82 Å². The van der Waals surface area contributed by atoms with E-state index in [9.17, 15) is 0 Å². The van der Waals surface area contributed by atoms with E-state index in [1.165, 1.54) is 5.56 Å². The minimum atomic E-state index is 0.580. The van der Waals surface area contributed by atoms with Crippen LogP contribution in [-0.4, -0.2) is 24.7 Å².